The minimum atomic E-state index is -0.423. The molecule has 0 aromatic heterocycles. The van der Waals surface area contributed by atoms with Gasteiger partial charge in [-0.3, -0.25) is 0 Å². The maximum Gasteiger partial charge on any atom is 0.0692 e. The average Bonchev–Trinajstić information content (AvgIpc) is 2.11. The largest absolute Gasteiger partial charge is 0.392 e. The molecule has 1 aliphatic carbocycles. The smallest absolute Gasteiger partial charge is 0.0692 e. The third-order valence-corrected chi connectivity index (χ3v) is 3.40. The fourth-order valence-corrected chi connectivity index (χ4v) is 2.19. The molecule has 0 aromatic carbocycles. The molecule has 0 spiro atoms. The molecule has 0 saturated heterocycles. The molecule has 2 nitrogen and oxygen atoms in total. The second-order valence-electron chi connectivity index (χ2n) is 5.12. The van der Waals surface area contributed by atoms with E-state index in [2.05, 4.69) is 26.8 Å². The van der Waals surface area contributed by atoms with Crippen molar-refractivity contribution in [3.8, 4) is 0 Å². The van der Waals surface area contributed by atoms with Crippen LogP contribution < -0.4 is 0 Å². The molecule has 0 bridgehead atoms. The van der Waals surface area contributed by atoms with Crippen molar-refractivity contribution in [2.45, 2.75) is 46.3 Å². The van der Waals surface area contributed by atoms with Crippen LogP contribution in [0.25, 0.3) is 0 Å². The zero-order valence-corrected chi connectivity index (χ0v) is 10.1. The number of hydrogen-bond donors (Lipinski definition) is 2. The predicted molar refractivity (Wildman–Crippen MR) is 62.5 cm³/mol. The molecule has 0 fully saturated rings. The Bertz CT molecular complexity index is 274. The molecule has 3 unspecified atom stereocenters. The van der Waals surface area contributed by atoms with Crippen molar-refractivity contribution in [1.29, 1.82) is 0 Å². The van der Waals surface area contributed by atoms with Gasteiger partial charge in [-0.05, 0) is 20.3 Å². The summed E-state index contributed by atoms with van der Waals surface area (Å²) in [6.07, 6.45) is 5.91. The summed E-state index contributed by atoms with van der Waals surface area (Å²) < 4.78 is 0. The molecular formula is C13H22O2. The van der Waals surface area contributed by atoms with Gasteiger partial charge in [0.2, 0.25) is 0 Å². The number of aliphatic hydroxyl groups is 2. The second-order valence-corrected chi connectivity index (χ2v) is 5.12. The first kappa shape index (κ1) is 12.5. The highest BCUT2D eigenvalue weighted by Gasteiger charge is 2.37. The summed E-state index contributed by atoms with van der Waals surface area (Å²) in [5.74, 6) is 0.218. The van der Waals surface area contributed by atoms with Crippen LogP contribution in [0.3, 0.4) is 0 Å². The molecule has 1 rings (SSSR count). The number of rotatable bonds is 2. The van der Waals surface area contributed by atoms with Gasteiger partial charge in [-0.25, -0.2) is 0 Å². The lowest BCUT2D eigenvalue weighted by Gasteiger charge is -2.40. The van der Waals surface area contributed by atoms with Crippen LogP contribution in [0.2, 0.25) is 0 Å². The fraction of sp³-hybridized carbons (Fsp3) is 0.692. The Morgan fingerprint density at radius 2 is 2.13 bits per heavy atom. The highest BCUT2D eigenvalue weighted by molar-refractivity contribution is 5.21. The van der Waals surface area contributed by atoms with E-state index in [1.807, 2.05) is 6.08 Å². The quantitative estimate of drug-likeness (QED) is 0.686. The first-order chi connectivity index (χ1) is 6.85. The maximum absolute atomic E-state index is 9.95. The maximum atomic E-state index is 9.95. The summed E-state index contributed by atoms with van der Waals surface area (Å²) in [6.45, 7) is 7.98. The normalized spacial score (nSPS) is 32.8. The molecule has 0 aromatic rings. The summed E-state index contributed by atoms with van der Waals surface area (Å²) in [7, 11) is 0. The van der Waals surface area contributed by atoms with Crippen LogP contribution in [0.5, 0.6) is 0 Å². The van der Waals surface area contributed by atoms with E-state index in [9.17, 15) is 10.2 Å². The van der Waals surface area contributed by atoms with E-state index >= 15 is 0 Å². The van der Waals surface area contributed by atoms with Crippen molar-refractivity contribution in [2.24, 2.45) is 11.3 Å². The summed E-state index contributed by atoms with van der Waals surface area (Å²) in [6, 6.07) is 0. The van der Waals surface area contributed by atoms with Crippen LogP contribution in [-0.2, 0) is 0 Å². The summed E-state index contributed by atoms with van der Waals surface area (Å²) in [4.78, 5) is 0. The van der Waals surface area contributed by atoms with Crippen LogP contribution in [0.15, 0.2) is 23.8 Å². The minimum Gasteiger partial charge on any atom is -0.392 e. The molecule has 2 N–H and O–H groups in total. The molecule has 1 aliphatic rings. The van der Waals surface area contributed by atoms with Gasteiger partial charge >= 0.3 is 0 Å². The van der Waals surface area contributed by atoms with Crippen molar-refractivity contribution >= 4 is 0 Å². The lowest BCUT2D eigenvalue weighted by atomic mass is 9.67. The van der Waals surface area contributed by atoms with Gasteiger partial charge in [0.1, 0.15) is 0 Å². The van der Waals surface area contributed by atoms with Gasteiger partial charge in [0.15, 0.2) is 0 Å². The van der Waals surface area contributed by atoms with Crippen LogP contribution in [0.1, 0.15) is 34.1 Å². The van der Waals surface area contributed by atoms with Crippen molar-refractivity contribution in [3.63, 3.8) is 0 Å². The Labute approximate surface area is 92.3 Å². The molecule has 0 aliphatic heterocycles. The summed E-state index contributed by atoms with van der Waals surface area (Å²) in [5, 5.41) is 19.2. The first-order valence-electron chi connectivity index (χ1n) is 5.56. The van der Waals surface area contributed by atoms with Crippen LogP contribution in [-0.4, -0.2) is 22.4 Å². The predicted octanol–water partition coefficient (Wildman–Crippen LogP) is 2.28. The van der Waals surface area contributed by atoms with Crippen molar-refractivity contribution in [2.75, 3.05) is 0 Å². The molecule has 0 saturated carbocycles. The molecule has 3 atom stereocenters. The van der Waals surface area contributed by atoms with Crippen molar-refractivity contribution in [3.05, 3.63) is 23.8 Å². The van der Waals surface area contributed by atoms with Gasteiger partial charge in [-0.1, -0.05) is 37.6 Å². The van der Waals surface area contributed by atoms with E-state index in [-0.39, 0.29) is 17.4 Å². The van der Waals surface area contributed by atoms with Crippen molar-refractivity contribution in [1.82, 2.24) is 0 Å². The zero-order chi connectivity index (χ0) is 11.6. The first-order valence-corrected chi connectivity index (χ1v) is 5.56. The molecule has 0 amide bonds. The SMILES string of the molecule is CC1=CCC(O)C(C)(C)C1/C=C/C(C)O. The van der Waals surface area contributed by atoms with Crippen LogP contribution in [0, 0.1) is 11.3 Å². The lowest BCUT2D eigenvalue weighted by Crippen LogP contribution is -2.39. The monoisotopic (exact) mass is 210 g/mol. The van der Waals surface area contributed by atoms with Gasteiger partial charge in [0.25, 0.3) is 0 Å². The topological polar surface area (TPSA) is 40.5 Å². The summed E-state index contributed by atoms with van der Waals surface area (Å²) >= 11 is 0. The van der Waals surface area contributed by atoms with E-state index in [4.69, 9.17) is 0 Å². The van der Waals surface area contributed by atoms with E-state index < -0.39 is 6.10 Å². The standard InChI is InChI=1S/C13H22O2/c1-9-5-8-12(15)13(3,4)11(9)7-6-10(2)14/h5-7,10-12,14-15H,8H2,1-4H3/b7-6+. The Morgan fingerprint density at radius 3 is 2.67 bits per heavy atom. The Kier molecular flexibility index (Phi) is 3.74. The fourth-order valence-electron chi connectivity index (χ4n) is 2.19. The highest BCUT2D eigenvalue weighted by atomic mass is 16.3. The van der Waals surface area contributed by atoms with Crippen molar-refractivity contribution < 1.29 is 10.2 Å². The number of aliphatic hydroxyl groups excluding tert-OH is 2. The Hall–Kier alpha value is -0.600. The van der Waals surface area contributed by atoms with Crippen LogP contribution >= 0.6 is 0 Å². The van der Waals surface area contributed by atoms with E-state index in [1.165, 1.54) is 5.57 Å². The van der Waals surface area contributed by atoms with Crippen LogP contribution in [0.4, 0.5) is 0 Å². The van der Waals surface area contributed by atoms with E-state index in [1.54, 1.807) is 13.0 Å². The summed E-state index contributed by atoms with van der Waals surface area (Å²) in [5.41, 5.74) is 1.13. The van der Waals surface area contributed by atoms with Gasteiger partial charge in [0.05, 0.1) is 12.2 Å². The number of allylic oxidation sites excluding steroid dienone is 2. The Morgan fingerprint density at radius 1 is 1.53 bits per heavy atom. The molecular weight excluding hydrogens is 188 g/mol. The van der Waals surface area contributed by atoms with Gasteiger partial charge in [-0.15, -0.1) is 0 Å². The number of hydrogen-bond acceptors (Lipinski definition) is 2. The Balaban J connectivity index is 2.92. The third kappa shape index (κ3) is 2.70. The molecule has 15 heavy (non-hydrogen) atoms. The lowest BCUT2D eigenvalue weighted by molar-refractivity contribution is 0.0241. The van der Waals surface area contributed by atoms with Gasteiger partial charge in [0, 0.05) is 11.3 Å². The third-order valence-electron chi connectivity index (χ3n) is 3.40. The minimum absolute atomic E-state index is 0.149. The van der Waals surface area contributed by atoms with E-state index in [0.717, 1.165) is 6.42 Å². The van der Waals surface area contributed by atoms with Gasteiger partial charge in [-0.2, -0.15) is 0 Å². The molecule has 2 heteroatoms. The molecule has 0 heterocycles. The van der Waals surface area contributed by atoms with Gasteiger partial charge < -0.3 is 10.2 Å². The average molecular weight is 210 g/mol. The zero-order valence-electron chi connectivity index (χ0n) is 10.1. The molecule has 0 radical (unpaired) electrons. The van der Waals surface area contributed by atoms with E-state index in [0.29, 0.717) is 0 Å². The molecule has 86 valence electrons. The second kappa shape index (κ2) is 4.50. The highest BCUT2D eigenvalue weighted by Crippen LogP contribution is 2.41.